The highest BCUT2D eigenvalue weighted by Crippen LogP contribution is 2.48. The fraction of sp³-hybridized carbons (Fsp3) is 0.500. The zero-order chi connectivity index (χ0) is 16.7. The van der Waals surface area contributed by atoms with E-state index in [1.165, 1.54) is 4.90 Å². The predicted octanol–water partition coefficient (Wildman–Crippen LogP) is 1.58. The summed E-state index contributed by atoms with van der Waals surface area (Å²) < 4.78 is 10.4. The molecule has 2 aromatic rings. The summed E-state index contributed by atoms with van der Waals surface area (Å²) in [4.78, 5) is 31.5. The molecule has 4 rings (SSSR count). The van der Waals surface area contributed by atoms with Gasteiger partial charge >= 0.3 is 6.03 Å². The first-order valence-electron chi connectivity index (χ1n) is 8.03. The molecule has 0 radical (unpaired) electrons. The molecule has 1 aliphatic carbocycles. The van der Waals surface area contributed by atoms with Gasteiger partial charge in [-0.25, -0.2) is 4.79 Å². The monoisotopic (exact) mass is 330 g/mol. The van der Waals surface area contributed by atoms with Crippen LogP contribution in [0.25, 0.3) is 0 Å². The van der Waals surface area contributed by atoms with Crippen molar-refractivity contribution in [2.24, 2.45) is 5.92 Å². The summed E-state index contributed by atoms with van der Waals surface area (Å²) in [5.74, 6) is 2.49. The Labute approximate surface area is 138 Å². The van der Waals surface area contributed by atoms with Crippen LogP contribution in [0.3, 0.4) is 0 Å². The summed E-state index contributed by atoms with van der Waals surface area (Å²) >= 11 is 0. The number of hydrogen-bond donors (Lipinski definition) is 0. The summed E-state index contributed by atoms with van der Waals surface area (Å²) in [5.41, 5.74) is 0. The van der Waals surface area contributed by atoms with Gasteiger partial charge in [0.1, 0.15) is 12.3 Å². The van der Waals surface area contributed by atoms with Crippen LogP contribution in [0, 0.1) is 12.8 Å². The molecule has 126 valence electrons. The minimum atomic E-state index is -0.235. The number of aryl methyl sites for hydroxylation is 1. The van der Waals surface area contributed by atoms with E-state index in [0.717, 1.165) is 12.2 Å². The number of furan rings is 1. The third-order valence-electron chi connectivity index (χ3n) is 4.53. The molecule has 0 spiro atoms. The van der Waals surface area contributed by atoms with Gasteiger partial charge in [-0.05, 0) is 31.4 Å². The van der Waals surface area contributed by atoms with Gasteiger partial charge in [-0.15, -0.1) is 0 Å². The Balaban J connectivity index is 1.32. The zero-order valence-electron chi connectivity index (χ0n) is 13.3. The van der Waals surface area contributed by atoms with Crippen molar-refractivity contribution in [1.82, 2.24) is 19.9 Å². The number of urea groups is 1. The minimum Gasteiger partial charge on any atom is -0.469 e. The summed E-state index contributed by atoms with van der Waals surface area (Å²) in [5, 5.41) is 3.70. The Hall–Kier alpha value is -2.64. The van der Waals surface area contributed by atoms with Gasteiger partial charge in [0.2, 0.25) is 11.8 Å². The Morgan fingerprint density at radius 1 is 1.38 bits per heavy atom. The second kappa shape index (κ2) is 5.77. The van der Waals surface area contributed by atoms with Crippen LogP contribution >= 0.6 is 0 Å². The zero-order valence-corrected chi connectivity index (χ0v) is 13.3. The van der Waals surface area contributed by atoms with E-state index in [1.807, 2.05) is 12.1 Å². The average molecular weight is 330 g/mol. The molecule has 0 unspecified atom stereocenters. The molecule has 2 aliphatic rings. The summed E-state index contributed by atoms with van der Waals surface area (Å²) in [6, 6.07) is 3.60. The minimum absolute atomic E-state index is 0.142. The van der Waals surface area contributed by atoms with Crippen LogP contribution < -0.4 is 0 Å². The molecule has 0 bridgehead atoms. The molecular formula is C16H18N4O4. The highest BCUT2D eigenvalue weighted by Gasteiger charge is 2.45. The molecule has 1 saturated heterocycles. The Kier molecular flexibility index (Phi) is 3.59. The lowest BCUT2D eigenvalue weighted by molar-refractivity contribution is -0.125. The fourth-order valence-electron chi connectivity index (χ4n) is 3.19. The van der Waals surface area contributed by atoms with Crippen molar-refractivity contribution in [3.63, 3.8) is 0 Å². The molecule has 2 fully saturated rings. The highest BCUT2D eigenvalue weighted by molar-refractivity contribution is 6.02. The molecule has 0 N–H and O–H groups in total. The third kappa shape index (κ3) is 2.79. The number of carbonyl (C=O) groups is 2. The molecule has 2 aromatic heterocycles. The fourth-order valence-corrected chi connectivity index (χ4v) is 3.19. The second-order valence-electron chi connectivity index (χ2n) is 6.31. The normalized spacial score (nSPS) is 23.4. The number of nitrogens with zero attached hydrogens (tertiary/aromatic N) is 4. The molecule has 24 heavy (non-hydrogen) atoms. The standard InChI is InChI=1S/C16H18N4O4/c1-10-17-14(24-18-10)4-5-20-15(21)9-19(16(20)22)8-11-7-12(11)13-3-2-6-23-13/h2-3,6,11-12H,4-5,7-9H2,1H3/t11-,12+/m0/s1. The topological polar surface area (TPSA) is 92.7 Å². The van der Waals surface area contributed by atoms with E-state index in [2.05, 4.69) is 10.1 Å². The Bertz CT molecular complexity index is 754. The van der Waals surface area contributed by atoms with Crippen molar-refractivity contribution in [2.75, 3.05) is 19.6 Å². The van der Waals surface area contributed by atoms with Crippen molar-refractivity contribution in [2.45, 2.75) is 25.7 Å². The quantitative estimate of drug-likeness (QED) is 0.747. The molecule has 1 aliphatic heterocycles. The van der Waals surface area contributed by atoms with E-state index in [1.54, 1.807) is 18.1 Å². The van der Waals surface area contributed by atoms with E-state index in [0.29, 0.717) is 36.5 Å². The lowest BCUT2D eigenvalue weighted by Crippen LogP contribution is -2.35. The Morgan fingerprint density at radius 2 is 2.25 bits per heavy atom. The van der Waals surface area contributed by atoms with E-state index in [4.69, 9.17) is 8.94 Å². The number of imide groups is 1. The maximum atomic E-state index is 12.4. The highest BCUT2D eigenvalue weighted by atomic mass is 16.5. The molecule has 3 heterocycles. The van der Waals surface area contributed by atoms with Gasteiger partial charge in [-0.1, -0.05) is 5.16 Å². The second-order valence-corrected chi connectivity index (χ2v) is 6.31. The van der Waals surface area contributed by atoms with Gasteiger partial charge in [0.25, 0.3) is 0 Å². The first-order chi connectivity index (χ1) is 11.6. The van der Waals surface area contributed by atoms with Crippen molar-refractivity contribution in [1.29, 1.82) is 0 Å². The summed E-state index contributed by atoms with van der Waals surface area (Å²) in [7, 11) is 0. The van der Waals surface area contributed by atoms with E-state index in [-0.39, 0.29) is 25.0 Å². The average Bonchev–Trinajstić information content (AvgIpc) is 2.92. The first kappa shape index (κ1) is 14.9. The molecular weight excluding hydrogens is 312 g/mol. The first-order valence-corrected chi connectivity index (χ1v) is 8.03. The summed E-state index contributed by atoms with van der Waals surface area (Å²) in [6.45, 7) is 2.73. The molecule has 1 saturated carbocycles. The predicted molar refractivity (Wildman–Crippen MR) is 81.0 cm³/mol. The largest absolute Gasteiger partial charge is 0.469 e. The SMILES string of the molecule is Cc1noc(CCN2C(=O)CN(C[C@@H]3C[C@H]3c3ccco3)C2=O)n1. The van der Waals surface area contributed by atoms with E-state index < -0.39 is 0 Å². The van der Waals surface area contributed by atoms with Crippen LogP contribution in [0.1, 0.15) is 29.8 Å². The van der Waals surface area contributed by atoms with Crippen molar-refractivity contribution >= 4 is 11.9 Å². The van der Waals surface area contributed by atoms with E-state index in [9.17, 15) is 9.59 Å². The van der Waals surface area contributed by atoms with E-state index >= 15 is 0 Å². The van der Waals surface area contributed by atoms with Crippen LogP contribution in [-0.2, 0) is 11.2 Å². The van der Waals surface area contributed by atoms with Gasteiger partial charge < -0.3 is 13.8 Å². The molecule has 8 nitrogen and oxygen atoms in total. The van der Waals surface area contributed by atoms with Crippen LogP contribution in [0.15, 0.2) is 27.3 Å². The number of hydrogen-bond acceptors (Lipinski definition) is 6. The van der Waals surface area contributed by atoms with Crippen molar-refractivity contribution < 1.29 is 18.5 Å². The number of rotatable bonds is 6. The summed E-state index contributed by atoms with van der Waals surface area (Å²) in [6.07, 6.45) is 3.04. The molecule has 8 heteroatoms. The van der Waals surface area contributed by atoms with Gasteiger partial charge in [0.05, 0.1) is 6.26 Å². The van der Waals surface area contributed by atoms with Crippen LogP contribution in [0.5, 0.6) is 0 Å². The van der Waals surface area contributed by atoms with Crippen molar-refractivity contribution in [3.8, 4) is 0 Å². The smallest absolute Gasteiger partial charge is 0.327 e. The maximum absolute atomic E-state index is 12.4. The lowest BCUT2D eigenvalue weighted by atomic mass is 10.2. The van der Waals surface area contributed by atoms with Gasteiger partial charge in [-0.3, -0.25) is 9.69 Å². The molecule has 3 amide bonds. The third-order valence-corrected chi connectivity index (χ3v) is 4.53. The number of aromatic nitrogens is 2. The van der Waals surface area contributed by atoms with Gasteiger partial charge in [0, 0.05) is 25.4 Å². The lowest BCUT2D eigenvalue weighted by Gasteiger charge is -2.16. The van der Waals surface area contributed by atoms with Gasteiger partial charge in [0.15, 0.2) is 5.82 Å². The van der Waals surface area contributed by atoms with Crippen molar-refractivity contribution in [3.05, 3.63) is 35.9 Å². The van der Waals surface area contributed by atoms with Crippen LogP contribution in [-0.4, -0.2) is 51.5 Å². The van der Waals surface area contributed by atoms with Crippen LogP contribution in [0.2, 0.25) is 0 Å². The molecule has 0 aromatic carbocycles. The number of amides is 3. The molecule has 2 atom stereocenters. The van der Waals surface area contributed by atoms with Crippen LogP contribution in [0.4, 0.5) is 4.79 Å². The maximum Gasteiger partial charge on any atom is 0.327 e. The van der Waals surface area contributed by atoms with Gasteiger partial charge in [-0.2, -0.15) is 4.98 Å². The Morgan fingerprint density at radius 3 is 2.96 bits per heavy atom. The number of carbonyl (C=O) groups excluding carboxylic acids is 2.